The summed E-state index contributed by atoms with van der Waals surface area (Å²) < 4.78 is 22.6. The van der Waals surface area contributed by atoms with E-state index in [0.29, 0.717) is 5.56 Å². The van der Waals surface area contributed by atoms with E-state index in [1.807, 2.05) is 0 Å². The Balaban J connectivity index is 3.20. The summed E-state index contributed by atoms with van der Waals surface area (Å²) in [6, 6.07) is 5.90. The second-order valence-corrected chi connectivity index (χ2v) is 5.13. The van der Waals surface area contributed by atoms with Crippen molar-refractivity contribution in [2.75, 3.05) is 6.26 Å². The molecular formula is C10H12N2O2S. The van der Waals surface area contributed by atoms with Crippen LogP contribution in [0.2, 0.25) is 0 Å². The summed E-state index contributed by atoms with van der Waals surface area (Å²) in [6.07, 6.45) is 6.38. The lowest BCUT2D eigenvalue weighted by Gasteiger charge is -2.10. The molecule has 0 spiro atoms. The van der Waals surface area contributed by atoms with Crippen molar-refractivity contribution in [3.8, 4) is 12.3 Å². The van der Waals surface area contributed by atoms with E-state index in [2.05, 4.69) is 11.3 Å². The van der Waals surface area contributed by atoms with Crippen LogP contribution >= 0.6 is 0 Å². The molecule has 0 fully saturated rings. The van der Waals surface area contributed by atoms with E-state index in [1.54, 1.807) is 12.1 Å². The van der Waals surface area contributed by atoms with Crippen LogP contribution in [-0.2, 0) is 9.84 Å². The van der Waals surface area contributed by atoms with Gasteiger partial charge in [-0.25, -0.2) is 13.8 Å². The minimum absolute atomic E-state index is 0.232. The van der Waals surface area contributed by atoms with Gasteiger partial charge in [0.1, 0.15) is 6.04 Å². The number of hydrogen-bond acceptors (Lipinski definition) is 4. The largest absolute Gasteiger partial charge is 0.270 e. The Hall–Kier alpha value is -1.35. The highest BCUT2D eigenvalue weighted by Crippen LogP contribution is 2.16. The van der Waals surface area contributed by atoms with Gasteiger partial charge in [-0.1, -0.05) is 18.1 Å². The number of nitrogens with one attached hydrogen (secondary N) is 1. The third-order valence-electron chi connectivity index (χ3n) is 1.95. The Morgan fingerprint density at radius 3 is 2.67 bits per heavy atom. The number of hydrogen-bond donors (Lipinski definition) is 2. The van der Waals surface area contributed by atoms with Crippen LogP contribution in [0.5, 0.6) is 0 Å². The topological polar surface area (TPSA) is 72.2 Å². The lowest BCUT2D eigenvalue weighted by atomic mass is 10.1. The molecule has 0 amide bonds. The highest BCUT2D eigenvalue weighted by atomic mass is 32.2. The van der Waals surface area contributed by atoms with Crippen molar-refractivity contribution >= 4 is 9.84 Å². The SMILES string of the molecule is C#CC(NN)c1cccc(S(C)(=O)=O)c1. The fourth-order valence-electron chi connectivity index (χ4n) is 1.17. The molecule has 1 atom stereocenters. The predicted molar refractivity (Wildman–Crippen MR) is 58.4 cm³/mol. The quantitative estimate of drug-likeness (QED) is 0.438. The summed E-state index contributed by atoms with van der Waals surface area (Å²) in [4.78, 5) is 0.232. The molecule has 0 saturated heterocycles. The molecule has 0 radical (unpaired) electrons. The van der Waals surface area contributed by atoms with Crippen LogP contribution in [0, 0.1) is 12.3 Å². The predicted octanol–water partition coefficient (Wildman–Crippen LogP) is 0.228. The summed E-state index contributed by atoms with van der Waals surface area (Å²) in [6.45, 7) is 0. The first-order chi connectivity index (χ1) is 6.99. The molecule has 1 rings (SSSR count). The molecule has 0 bridgehead atoms. The van der Waals surface area contributed by atoms with Gasteiger partial charge < -0.3 is 0 Å². The molecule has 0 heterocycles. The van der Waals surface area contributed by atoms with Gasteiger partial charge in [-0.15, -0.1) is 6.42 Å². The number of nitrogens with two attached hydrogens (primary N) is 1. The molecule has 0 aliphatic carbocycles. The standard InChI is InChI=1S/C10H12N2O2S/c1-3-10(12-11)8-5-4-6-9(7-8)15(2,13)14/h1,4-7,10,12H,11H2,2H3. The molecule has 0 aliphatic heterocycles. The Kier molecular flexibility index (Phi) is 3.48. The molecule has 0 aromatic heterocycles. The van der Waals surface area contributed by atoms with Crippen molar-refractivity contribution in [2.45, 2.75) is 10.9 Å². The average Bonchev–Trinajstić information content (AvgIpc) is 2.19. The zero-order valence-electron chi connectivity index (χ0n) is 8.27. The van der Waals surface area contributed by atoms with Gasteiger partial charge in [0, 0.05) is 6.26 Å². The lowest BCUT2D eigenvalue weighted by molar-refractivity contribution is 0.601. The second kappa shape index (κ2) is 4.45. The first kappa shape index (κ1) is 11.7. The molecule has 4 nitrogen and oxygen atoms in total. The van der Waals surface area contributed by atoms with Crippen molar-refractivity contribution in [3.63, 3.8) is 0 Å². The third kappa shape index (κ3) is 2.80. The van der Waals surface area contributed by atoms with Crippen LogP contribution in [0.3, 0.4) is 0 Å². The number of benzene rings is 1. The van der Waals surface area contributed by atoms with E-state index in [1.165, 1.54) is 12.1 Å². The normalized spacial score (nSPS) is 13.1. The van der Waals surface area contributed by atoms with E-state index in [9.17, 15) is 8.42 Å². The second-order valence-electron chi connectivity index (χ2n) is 3.11. The fraction of sp³-hybridized carbons (Fsp3) is 0.200. The highest BCUT2D eigenvalue weighted by Gasteiger charge is 2.11. The molecule has 5 heteroatoms. The van der Waals surface area contributed by atoms with Crippen LogP contribution in [-0.4, -0.2) is 14.7 Å². The number of sulfone groups is 1. The number of terminal acetylenes is 1. The highest BCUT2D eigenvalue weighted by molar-refractivity contribution is 7.90. The zero-order chi connectivity index (χ0) is 11.5. The van der Waals surface area contributed by atoms with E-state index < -0.39 is 15.9 Å². The molecular weight excluding hydrogens is 212 g/mol. The summed E-state index contributed by atoms with van der Waals surface area (Å²) >= 11 is 0. The average molecular weight is 224 g/mol. The Morgan fingerprint density at radius 2 is 2.20 bits per heavy atom. The Labute approximate surface area is 89.4 Å². The van der Waals surface area contributed by atoms with Crippen molar-refractivity contribution < 1.29 is 8.42 Å². The lowest BCUT2D eigenvalue weighted by Crippen LogP contribution is -2.26. The molecule has 3 N–H and O–H groups in total. The zero-order valence-corrected chi connectivity index (χ0v) is 9.08. The van der Waals surface area contributed by atoms with Gasteiger partial charge in [0.25, 0.3) is 0 Å². The van der Waals surface area contributed by atoms with Crippen LogP contribution < -0.4 is 11.3 Å². The molecule has 1 unspecified atom stereocenters. The first-order valence-corrected chi connectivity index (χ1v) is 6.10. The van der Waals surface area contributed by atoms with Crippen LogP contribution in [0.4, 0.5) is 0 Å². The maximum atomic E-state index is 11.3. The number of hydrazine groups is 1. The van der Waals surface area contributed by atoms with E-state index in [-0.39, 0.29) is 4.90 Å². The van der Waals surface area contributed by atoms with Crippen molar-refractivity contribution in [1.29, 1.82) is 0 Å². The van der Waals surface area contributed by atoms with Crippen molar-refractivity contribution in [1.82, 2.24) is 5.43 Å². The Morgan fingerprint density at radius 1 is 1.53 bits per heavy atom. The van der Waals surface area contributed by atoms with Crippen LogP contribution in [0.15, 0.2) is 29.2 Å². The van der Waals surface area contributed by atoms with Crippen molar-refractivity contribution in [2.24, 2.45) is 5.84 Å². The summed E-state index contributed by atoms with van der Waals surface area (Å²) in [5.74, 6) is 7.65. The van der Waals surface area contributed by atoms with Crippen LogP contribution in [0.1, 0.15) is 11.6 Å². The summed E-state index contributed by atoms with van der Waals surface area (Å²) in [5, 5.41) is 0. The monoisotopic (exact) mass is 224 g/mol. The molecule has 15 heavy (non-hydrogen) atoms. The van der Waals surface area contributed by atoms with Gasteiger partial charge in [-0.2, -0.15) is 0 Å². The summed E-state index contributed by atoms with van der Waals surface area (Å²) in [5.41, 5.74) is 3.07. The first-order valence-electron chi connectivity index (χ1n) is 4.21. The van der Waals surface area contributed by atoms with Gasteiger partial charge in [0.2, 0.25) is 0 Å². The van der Waals surface area contributed by atoms with Gasteiger partial charge in [-0.05, 0) is 17.7 Å². The third-order valence-corrected chi connectivity index (χ3v) is 3.06. The van der Waals surface area contributed by atoms with Crippen molar-refractivity contribution in [3.05, 3.63) is 29.8 Å². The molecule has 0 aliphatic rings. The van der Waals surface area contributed by atoms with Gasteiger partial charge in [-0.3, -0.25) is 5.84 Å². The fourth-order valence-corrected chi connectivity index (χ4v) is 1.84. The van der Waals surface area contributed by atoms with E-state index >= 15 is 0 Å². The molecule has 80 valence electrons. The minimum Gasteiger partial charge on any atom is -0.270 e. The number of rotatable bonds is 3. The molecule has 1 aromatic rings. The minimum atomic E-state index is -3.21. The van der Waals surface area contributed by atoms with Gasteiger partial charge in [0.15, 0.2) is 9.84 Å². The van der Waals surface area contributed by atoms with Gasteiger partial charge >= 0.3 is 0 Å². The maximum Gasteiger partial charge on any atom is 0.175 e. The Bertz CT molecular complexity index is 488. The summed E-state index contributed by atoms with van der Waals surface area (Å²) in [7, 11) is -3.21. The molecule has 0 saturated carbocycles. The van der Waals surface area contributed by atoms with Gasteiger partial charge in [0.05, 0.1) is 4.90 Å². The van der Waals surface area contributed by atoms with Crippen LogP contribution in [0.25, 0.3) is 0 Å². The smallest absolute Gasteiger partial charge is 0.175 e. The van der Waals surface area contributed by atoms with E-state index in [4.69, 9.17) is 12.3 Å². The maximum absolute atomic E-state index is 11.3. The van der Waals surface area contributed by atoms with E-state index in [0.717, 1.165) is 6.26 Å². The molecule has 1 aromatic carbocycles.